The molecule has 1 rings (SSSR count). The lowest BCUT2D eigenvalue weighted by Gasteiger charge is -2.35. The van der Waals surface area contributed by atoms with E-state index in [9.17, 15) is 8.78 Å². The molecule has 1 unspecified atom stereocenters. The van der Waals surface area contributed by atoms with Gasteiger partial charge in [0.1, 0.15) is 5.75 Å². The minimum absolute atomic E-state index is 0.0891. The van der Waals surface area contributed by atoms with Gasteiger partial charge in [-0.05, 0) is 35.7 Å². The van der Waals surface area contributed by atoms with Crippen LogP contribution in [0.2, 0.25) is 23.2 Å². The van der Waals surface area contributed by atoms with E-state index >= 15 is 0 Å². The first kappa shape index (κ1) is 24.3. The summed E-state index contributed by atoms with van der Waals surface area (Å²) in [4.78, 5) is 0. The number of hydrogen-bond donors (Lipinski definition) is 1. The van der Waals surface area contributed by atoms with Crippen LogP contribution in [0.5, 0.6) is 5.75 Å². The number of ether oxygens (including phenoxy) is 1. The quantitative estimate of drug-likeness (QED) is 0.406. The summed E-state index contributed by atoms with van der Waals surface area (Å²) >= 11 is 6.42. The smallest absolute Gasteiger partial charge is 0.387 e. The van der Waals surface area contributed by atoms with E-state index in [4.69, 9.17) is 20.8 Å². The van der Waals surface area contributed by atoms with Crippen LogP contribution in [0, 0.1) is 5.41 Å². The van der Waals surface area contributed by atoms with Gasteiger partial charge in [0, 0.05) is 18.7 Å². The number of hydrogen-bond acceptors (Lipinski definition) is 3. The second kappa shape index (κ2) is 10.7. The van der Waals surface area contributed by atoms with Gasteiger partial charge in [-0.2, -0.15) is 8.78 Å². The van der Waals surface area contributed by atoms with Crippen LogP contribution in [-0.2, 0) is 4.43 Å². The molecule has 0 aliphatic carbocycles. The predicted molar refractivity (Wildman–Crippen MR) is 111 cm³/mol. The standard InChI is InChI=1S/C20H34ClF2NO2Si/c1-7-27(8-2,9-3)26-17(13-24-14-20(4,5)6)18-15(21)11-10-12-16(18)25-19(22)23/h10-12,17,19,24H,7-9,13-14H2,1-6H3. The number of halogens is 3. The number of benzene rings is 1. The molecule has 1 N–H and O–H groups in total. The Bertz CT molecular complexity index is 569. The van der Waals surface area contributed by atoms with Crippen LogP contribution in [0.25, 0.3) is 0 Å². The summed E-state index contributed by atoms with van der Waals surface area (Å²) in [6.07, 6.45) is -0.429. The Morgan fingerprint density at radius 3 is 2.19 bits per heavy atom. The van der Waals surface area contributed by atoms with Gasteiger partial charge in [0.25, 0.3) is 0 Å². The molecule has 0 radical (unpaired) electrons. The Balaban J connectivity index is 3.24. The molecule has 0 spiro atoms. The van der Waals surface area contributed by atoms with Gasteiger partial charge in [0.15, 0.2) is 8.32 Å². The molecule has 1 aromatic rings. The Labute approximate surface area is 168 Å². The van der Waals surface area contributed by atoms with E-state index in [1.165, 1.54) is 6.07 Å². The molecule has 0 bridgehead atoms. The first-order chi connectivity index (χ1) is 12.6. The molecule has 0 heterocycles. The zero-order valence-corrected chi connectivity index (χ0v) is 19.1. The summed E-state index contributed by atoms with van der Waals surface area (Å²) in [5, 5.41) is 3.81. The Morgan fingerprint density at radius 2 is 1.70 bits per heavy atom. The average molecular weight is 422 g/mol. The highest BCUT2D eigenvalue weighted by atomic mass is 35.5. The van der Waals surface area contributed by atoms with Gasteiger partial charge in [0.2, 0.25) is 0 Å². The van der Waals surface area contributed by atoms with E-state index in [1.807, 2.05) is 0 Å². The van der Waals surface area contributed by atoms with Crippen LogP contribution >= 0.6 is 11.6 Å². The normalized spacial score (nSPS) is 13.9. The average Bonchev–Trinajstić information content (AvgIpc) is 2.57. The maximum Gasteiger partial charge on any atom is 0.387 e. The topological polar surface area (TPSA) is 30.5 Å². The molecule has 156 valence electrons. The third kappa shape index (κ3) is 7.68. The maximum atomic E-state index is 12.9. The molecular weight excluding hydrogens is 388 g/mol. The molecule has 27 heavy (non-hydrogen) atoms. The Morgan fingerprint density at radius 1 is 1.11 bits per heavy atom. The highest BCUT2D eigenvalue weighted by Gasteiger charge is 2.34. The second-order valence-electron chi connectivity index (χ2n) is 8.07. The lowest BCUT2D eigenvalue weighted by atomic mass is 9.97. The van der Waals surface area contributed by atoms with E-state index in [2.05, 4.69) is 46.9 Å². The van der Waals surface area contributed by atoms with Gasteiger partial charge >= 0.3 is 6.61 Å². The summed E-state index contributed by atoms with van der Waals surface area (Å²) in [6, 6.07) is 7.73. The van der Waals surface area contributed by atoms with Gasteiger partial charge in [-0.25, -0.2) is 0 Å². The maximum absolute atomic E-state index is 12.9. The van der Waals surface area contributed by atoms with Gasteiger partial charge in [-0.3, -0.25) is 0 Å². The summed E-state index contributed by atoms with van der Waals surface area (Å²) in [5.41, 5.74) is 0.607. The molecule has 1 aromatic carbocycles. The number of rotatable bonds is 11. The zero-order chi connectivity index (χ0) is 20.7. The van der Waals surface area contributed by atoms with Crippen molar-refractivity contribution in [1.82, 2.24) is 5.32 Å². The van der Waals surface area contributed by atoms with Crippen molar-refractivity contribution in [3.8, 4) is 5.75 Å². The molecule has 0 aromatic heterocycles. The van der Waals surface area contributed by atoms with Crippen LogP contribution in [0.15, 0.2) is 18.2 Å². The fourth-order valence-electron chi connectivity index (χ4n) is 3.11. The molecule has 3 nitrogen and oxygen atoms in total. The minimum Gasteiger partial charge on any atom is -0.434 e. The molecule has 0 saturated heterocycles. The summed E-state index contributed by atoms with van der Waals surface area (Å²) in [5.74, 6) is 0.0891. The van der Waals surface area contributed by atoms with Gasteiger partial charge < -0.3 is 14.5 Å². The Hall–Kier alpha value is -0.693. The van der Waals surface area contributed by atoms with Crippen molar-refractivity contribution in [2.75, 3.05) is 13.1 Å². The largest absolute Gasteiger partial charge is 0.434 e. The highest BCUT2D eigenvalue weighted by Crippen LogP contribution is 2.38. The third-order valence-corrected chi connectivity index (χ3v) is 9.84. The second-order valence-corrected chi connectivity index (χ2v) is 13.2. The lowest BCUT2D eigenvalue weighted by molar-refractivity contribution is -0.0514. The molecule has 0 aliphatic rings. The van der Waals surface area contributed by atoms with Gasteiger partial charge in [-0.1, -0.05) is 59.2 Å². The van der Waals surface area contributed by atoms with Crippen molar-refractivity contribution in [3.05, 3.63) is 28.8 Å². The van der Waals surface area contributed by atoms with Crippen molar-refractivity contribution >= 4 is 19.9 Å². The summed E-state index contributed by atoms with van der Waals surface area (Å²) in [7, 11) is -1.99. The zero-order valence-electron chi connectivity index (χ0n) is 17.4. The number of nitrogens with one attached hydrogen (secondary N) is 1. The van der Waals surface area contributed by atoms with Crippen molar-refractivity contribution in [2.24, 2.45) is 5.41 Å². The van der Waals surface area contributed by atoms with Crippen molar-refractivity contribution in [2.45, 2.75) is 72.4 Å². The van der Waals surface area contributed by atoms with Crippen molar-refractivity contribution in [3.63, 3.8) is 0 Å². The Kier molecular flexibility index (Phi) is 9.69. The van der Waals surface area contributed by atoms with E-state index in [1.54, 1.807) is 12.1 Å². The van der Waals surface area contributed by atoms with E-state index < -0.39 is 21.0 Å². The molecule has 0 fully saturated rings. The van der Waals surface area contributed by atoms with Crippen molar-refractivity contribution < 1.29 is 17.9 Å². The fourth-order valence-corrected chi connectivity index (χ4v) is 6.20. The SMILES string of the molecule is CC[Si](CC)(CC)OC(CNCC(C)(C)C)c1c(Cl)cccc1OC(F)F. The van der Waals surface area contributed by atoms with Crippen LogP contribution < -0.4 is 10.1 Å². The van der Waals surface area contributed by atoms with E-state index in [0.29, 0.717) is 17.1 Å². The molecule has 0 saturated carbocycles. The fraction of sp³-hybridized carbons (Fsp3) is 0.700. The van der Waals surface area contributed by atoms with Gasteiger partial charge in [-0.15, -0.1) is 0 Å². The molecule has 7 heteroatoms. The highest BCUT2D eigenvalue weighted by molar-refractivity contribution is 6.73. The van der Waals surface area contributed by atoms with Crippen molar-refractivity contribution in [1.29, 1.82) is 0 Å². The lowest BCUT2D eigenvalue weighted by Crippen LogP contribution is -2.41. The minimum atomic E-state index is -2.91. The number of alkyl halides is 2. The van der Waals surface area contributed by atoms with Crippen LogP contribution in [-0.4, -0.2) is 28.0 Å². The summed E-state index contributed by atoms with van der Waals surface area (Å²) < 4.78 is 37.3. The molecule has 0 amide bonds. The first-order valence-corrected chi connectivity index (χ1v) is 12.6. The molecule has 1 atom stereocenters. The predicted octanol–water partition coefficient (Wildman–Crippen LogP) is 6.64. The first-order valence-electron chi connectivity index (χ1n) is 9.69. The monoisotopic (exact) mass is 421 g/mol. The van der Waals surface area contributed by atoms with Crippen LogP contribution in [0.4, 0.5) is 8.78 Å². The van der Waals surface area contributed by atoms with Crippen LogP contribution in [0.3, 0.4) is 0 Å². The van der Waals surface area contributed by atoms with Crippen LogP contribution in [0.1, 0.15) is 53.2 Å². The van der Waals surface area contributed by atoms with Gasteiger partial charge in [0.05, 0.1) is 11.1 Å². The van der Waals surface area contributed by atoms with E-state index in [0.717, 1.165) is 24.7 Å². The molecular formula is C20H34ClF2NO2Si. The third-order valence-electron chi connectivity index (χ3n) is 4.86. The summed E-state index contributed by atoms with van der Waals surface area (Å²) in [6.45, 7) is 11.2. The molecule has 0 aliphatic heterocycles. The van der Waals surface area contributed by atoms with E-state index in [-0.39, 0.29) is 11.2 Å².